The van der Waals surface area contributed by atoms with E-state index in [1.807, 2.05) is 30.3 Å². The third-order valence-electron chi connectivity index (χ3n) is 16.4. The number of aliphatic imine (C=N–C) groups is 1. The topological polar surface area (TPSA) is 488 Å². The van der Waals surface area contributed by atoms with Crippen LogP contribution in [0.3, 0.4) is 0 Å². The molecule has 2 heterocycles. The average Bonchev–Trinajstić information content (AvgIpc) is 1.81. The fourth-order valence-electron chi connectivity index (χ4n) is 11.1. The Hall–Kier alpha value is -10.4. The first kappa shape index (κ1) is 77.6. The van der Waals surface area contributed by atoms with Crippen molar-refractivity contribution < 1.29 is 72.5 Å². The number of rotatable bonds is 28. The van der Waals surface area contributed by atoms with Gasteiger partial charge in [0.15, 0.2) is 5.96 Å². The number of amides is 13. The van der Waals surface area contributed by atoms with E-state index < -0.39 is 150 Å². The molecular formula is C67H89ClN16O15. The maximum absolute atomic E-state index is 15.1. The molecule has 2 saturated heterocycles. The smallest absolute Gasteiger partial charge is 0.245 e. The van der Waals surface area contributed by atoms with Crippen LogP contribution in [0.4, 0.5) is 0 Å². The van der Waals surface area contributed by atoms with E-state index in [0.717, 1.165) is 17.7 Å². The number of phenolic OH excluding ortho intramolecular Hbond substituents is 1. The molecule has 2 fully saturated rings. The average molecular weight is 1390 g/mol. The van der Waals surface area contributed by atoms with Crippen LogP contribution in [0.5, 0.6) is 5.75 Å². The van der Waals surface area contributed by atoms with Gasteiger partial charge in [0.25, 0.3) is 0 Å². The minimum Gasteiger partial charge on any atom is -0.508 e. The third-order valence-corrected chi connectivity index (χ3v) is 16.6. The minimum atomic E-state index is -1.88. The monoisotopic (exact) mass is 1390 g/mol. The molecule has 0 spiro atoms. The second-order valence-corrected chi connectivity index (χ2v) is 25.2. The maximum Gasteiger partial charge on any atom is 0.245 e. The number of primary amides is 1. The summed E-state index contributed by atoms with van der Waals surface area (Å²) in [6.45, 7) is 4.72. The van der Waals surface area contributed by atoms with E-state index in [9.17, 15) is 63.0 Å². The summed E-state index contributed by atoms with van der Waals surface area (Å²) in [6, 6.07) is 10.1. The first-order chi connectivity index (χ1) is 47.1. The lowest BCUT2D eigenvalue weighted by Gasteiger charge is -2.31. The van der Waals surface area contributed by atoms with Crippen molar-refractivity contribution in [2.24, 2.45) is 28.1 Å². The number of aliphatic hydroxyl groups is 1. The Labute approximate surface area is 576 Å². The Morgan fingerprint density at radius 1 is 0.657 bits per heavy atom. The van der Waals surface area contributed by atoms with Gasteiger partial charge in [-0.1, -0.05) is 92.2 Å². The maximum atomic E-state index is 15.1. The fourth-order valence-corrected chi connectivity index (χ4v) is 11.3. The number of phenols is 1. The summed E-state index contributed by atoms with van der Waals surface area (Å²) in [5, 5.41) is 51.5. The van der Waals surface area contributed by atoms with Crippen molar-refractivity contribution >= 4 is 105 Å². The summed E-state index contributed by atoms with van der Waals surface area (Å²) in [5.41, 5.74) is 17.9. The van der Waals surface area contributed by atoms with Gasteiger partial charge in [-0.05, 0) is 103 Å². The van der Waals surface area contributed by atoms with Crippen LogP contribution in [0.2, 0.25) is 5.02 Å². The van der Waals surface area contributed by atoms with E-state index >= 15 is 9.59 Å². The number of carbonyl (C=O) groups is 13. The van der Waals surface area contributed by atoms with E-state index in [1.165, 1.54) is 48.2 Å². The minimum absolute atomic E-state index is 0.00234. The van der Waals surface area contributed by atoms with Crippen molar-refractivity contribution in [1.29, 1.82) is 0 Å². The van der Waals surface area contributed by atoms with Crippen LogP contribution in [0, 0.1) is 5.92 Å². The number of nitrogens with zero attached hydrogens (tertiary/aromatic N) is 2. The van der Waals surface area contributed by atoms with Gasteiger partial charge in [-0.25, -0.2) is 0 Å². The highest BCUT2D eigenvalue weighted by molar-refractivity contribution is 6.30. The highest BCUT2D eigenvalue weighted by Crippen LogP contribution is 2.22. The summed E-state index contributed by atoms with van der Waals surface area (Å²) in [6.07, 6.45) is -1.15. The number of carbonyl (C=O) groups excluding carboxylic acids is 13. The normalized spacial score (nSPS) is 18.8. The number of halogens is 1. The number of aliphatic hydroxyl groups excluding tert-OH is 1. The van der Waals surface area contributed by atoms with Gasteiger partial charge < -0.3 is 90.8 Å². The van der Waals surface area contributed by atoms with Gasteiger partial charge in [0.1, 0.15) is 66.2 Å². The number of aromatic hydroxyl groups is 1. The van der Waals surface area contributed by atoms with Crippen LogP contribution in [-0.2, 0) is 81.6 Å². The summed E-state index contributed by atoms with van der Waals surface area (Å²) >= 11 is 6.14. The van der Waals surface area contributed by atoms with Crippen molar-refractivity contribution in [3.63, 3.8) is 0 Å². The molecule has 2 aliphatic heterocycles. The standard InChI is InChI=1S/C67H89ClN16O15/c1-36(2)29-48(59(92)78-47(11-7-25-74-67(70)71)66(99)84-28-8-12-54(84)65(98)75-37(3)57(69)90)79-62(95)51(33-41-13-18-42-9-5-6-10-43(42)30-41)81-61(94)50(32-40-16-21-45(87)22-17-40)82-64(97)53(35-85)83-58(91)46-23-26-72-55(88)24-27-73-56(89)34-52(76-38(4)86)63(96)80-49(60(93)77-46)31-39-14-19-44(68)20-15-39/h5-6,9-10,13-22,30,36-37,46-54,85,87H,7-8,11-12,23-29,31-35H2,1-4H3,(H2,69,90)(H,72,88)(H,73,89)(H,75,98)(H,76,86)(H,77,93)(H,78,92)(H,79,95)(H,80,96)(H,81,94)(H,82,97)(H,83,91)(H4,70,71,74)/t37-,46-,47+,48+,49-,50+,51-,52-,53+,54+/m1/s1. The fraction of sp³-hybridized carbons (Fsp3) is 0.463. The van der Waals surface area contributed by atoms with E-state index in [4.69, 9.17) is 28.8 Å². The Morgan fingerprint density at radius 2 is 1.25 bits per heavy atom. The summed E-state index contributed by atoms with van der Waals surface area (Å²) < 4.78 is 0. The molecular weight excluding hydrogens is 1300 g/mol. The van der Waals surface area contributed by atoms with Crippen molar-refractivity contribution in [1.82, 2.24) is 63.4 Å². The lowest BCUT2D eigenvalue weighted by molar-refractivity contribution is -0.142. The van der Waals surface area contributed by atoms with E-state index in [-0.39, 0.29) is 102 Å². The Bertz CT molecular complexity index is 3590. The van der Waals surface area contributed by atoms with Gasteiger partial charge in [0.05, 0.1) is 13.0 Å². The highest BCUT2D eigenvalue weighted by atomic mass is 35.5. The molecule has 0 unspecified atom stereocenters. The highest BCUT2D eigenvalue weighted by Gasteiger charge is 2.40. The van der Waals surface area contributed by atoms with E-state index in [1.54, 1.807) is 38.1 Å². The lowest BCUT2D eigenvalue weighted by Crippen LogP contribution is -2.62. The molecule has 99 heavy (non-hydrogen) atoms. The molecule has 19 N–H and O–H groups in total. The van der Waals surface area contributed by atoms with Gasteiger partial charge in [-0.3, -0.25) is 67.3 Å². The van der Waals surface area contributed by atoms with Crippen LogP contribution >= 0.6 is 11.6 Å². The summed E-state index contributed by atoms with van der Waals surface area (Å²) in [7, 11) is 0. The first-order valence-corrected chi connectivity index (χ1v) is 32.9. The molecule has 13 amide bonds. The molecule has 6 rings (SSSR count). The van der Waals surface area contributed by atoms with E-state index in [0.29, 0.717) is 28.1 Å². The zero-order valence-electron chi connectivity index (χ0n) is 55.5. The number of fused-ring (bicyclic) bond motifs is 1. The predicted molar refractivity (Wildman–Crippen MR) is 364 cm³/mol. The molecule has 2 aliphatic rings. The molecule has 32 heteroatoms. The Morgan fingerprint density at radius 3 is 1.89 bits per heavy atom. The number of nitrogens with two attached hydrogens (primary N) is 3. The van der Waals surface area contributed by atoms with Crippen LogP contribution in [0.25, 0.3) is 10.8 Å². The van der Waals surface area contributed by atoms with Gasteiger partial charge in [-0.2, -0.15) is 0 Å². The molecule has 0 radical (unpaired) electrons. The molecule has 534 valence electrons. The predicted octanol–water partition coefficient (Wildman–Crippen LogP) is -2.39. The van der Waals surface area contributed by atoms with Gasteiger partial charge >= 0.3 is 0 Å². The van der Waals surface area contributed by atoms with Crippen LogP contribution in [-0.4, -0.2) is 191 Å². The van der Waals surface area contributed by atoms with Crippen LogP contribution in [0.1, 0.15) is 95.8 Å². The first-order valence-electron chi connectivity index (χ1n) is 32.6. The molecule has 0 bridgehead atoms. The number of hydrogen-bond donors (Lipinski definition) is 16. The number of benzene rings is 4. The zero-order valence-corrected chi connectivity index (χ0v) is 56.3. The van der Waals surface area contributed by atoms with Crippen molar-refractivity contribution in [2.75, 3.05) is 32.8 Å². The Balaban J connectivity index is 1.29. The van der Waals surface area contributed by atoms with Crippen molar-refractivity contribution in [3.05, 3.63) is 113 Å². The molecule has 4 aromatic rings. The molecule has 0 aliphatic carbocycles. The second kappa shape index (κ2) is 37.9. The van der Waals surface area contributed by atoms with Crippen molar-refractivity contribution in [2.45, 2.75) is 159 Å². The van der Waals surface area contributed by atoms with Crippen molar-refractivity contribution in [3.8, 4) is 5.75 Å². The SMILES string of the molecule is CC(=O)N[C@@H]1CC(=O)NCCC(=O)NCC[C@H](C(=O)N[C@@H](CO)C(=O)N[C@@H](Cc2ccc(O)cc2)C(=O)N[C@H](Cc2ccc3ccccc3c2)C(=O)N[C@@H](CC(C)C)C(=O)N[C@@H](CCCN=C(N)N)C(=O)N2CCC[C@H]2C(=O)N[C@H](C)C(N)=O)NC(=O)[C@@H](Cc2ccc(Cl)cc2)NC1=O. The number of hydrogen-bond acceptors (Lipinski definition) is 16. The molecule has 10 atom stereocenters. The number of likely N-dealkylation sites (tertiary alicyclic amines) is 1. The zero-order chi connectivity index (χ0) is 72.5. The van der Waals surface area contributed by atoms with Crippen LogP contribution < -0.4 is 75.7 Å². The second-order valence-electron chi connectivity index (χ2n) is 24.8. The third kappa shape index (κ3) is 24.9. The van der Waals surface area contributed by atoms with Gasteiger partial charge in [0, 0.05) is 63.8 Å². The molecule has 31 nitrogen and oxygen atoms in total. The van der Waals surface area contributed by atoms with E-state index in [2.05, 4.69) is 63.5 Å². The molecule has 4 aromatic carbocycles. The Kier molecular flexibility index (Phi) is 29.7. The lowest BCUT2D eigenvalue weighted by atomic mass is 9.98. The van der Waals surface area contributed by atoms with Gasteiger partial charge in [0.2, 0.25) is 76.8 Å². The number of nitrogens with one attached hydrogen (secondary N) is 11. The quantitative estimate of drug-likeness (QED) is 0.0160. The summed E-state index contributed by atoms with van der Waals surface area (Å²) in [5.74, 6) is -11.5. The summed E-state index contributed by atoms with van der Waals surface area (Å²) in [4.78, 5) is 186. The molecule has 0 aromatic heterocycles. The largest absolute Gasteiger partial charge is 0.508 e. The van der Waals surface area contributed by atoms with Crippen LogP contribution in [0.15, 0.2) is 96.0 Å². The molecule has 0 saturated carbocycles. The van der Waals surface area contributed by atoms with Gasteiger partial charge in [-0.15, -0.1) is 0 Å². The number of guanidine groups is 1.